The maximum atomic E-state index is 12.3. The minimum atomic E-state index is -0.840. The molecule has 0 saturated carbocycles. The molecule has 1 aromatic rings. The van der Waals surface area contributed by atoms with Crippen molar-refractivity contribution in [2.45, 2.75) is 6.54 Å². The van der Waals surface area contributed by atoms with Crippen molar-refractivity contribution in [2.75, 3.05) is 33.3 Å². The van der Waals surface area contributed by atoms with E-state index in [2.05, 4.69) is 10.6 Å². The van der Waals surface area contributed by atoms with E-state index in [0.717, 1.165) is 11.3 Å². The van der Waals surface area contributed by atoms with Gasteiger partial charge in [0, 0.05) is 38.6 Å². The van der Waals surface area contributed by atoms with Crippen molar-refractivity contribution in [2.24, 2.45) is 11.3 Å². The Kier molecular flexibility index (Phi) is 4.12. The third-order valence-electron chi connectivity index (χ3n) is 4.82. The Bertz CT molecular complexity index is 621. The van der Waals surface area contributed by atoms with Gasteiger partial charge in [0.2, 0.25) is 0 Å². The van der Waals surface area contributed by atoms with Crippen LogP contribution in [0.2, 0.25) is 0 Å². The molecule has 3 N–H and O–H groups in total. The second-order valence-electron chi connectivity index (χ2n) is 6.18. The van der Waals surface area contributed by atoms with E-state index in [1.807, 2.05) is 24.3 Å². The van der Waals surface area contributed by atoms with Gasteiger partial charge in [0.05, 0.1) is 7.11 Å². The van der Waals surface area contributed by atoms with Gasteiger partial charge in [0.15, 0.2) is 0 Å². The molecule has 0 spiro atoms. The number of aliphatic carboxylic acids is 1. The van der Waals surface area contributed by atoms with Crippen LogP contribution in [0.3, 0.4) is 0 Å². The van der Waals surface area contributed by atoms with Crippen LogP contribution in [-0.4, -0.2) is 55.3 Å². The van der Waals surface area contributed by atoms with Crippen molar-refractivity contribution in [3.05, 3.63) is 29.8 Å². The molecule has 3 rings (SSSR count). The van der Waals surface area contributed by atoms with Crippen LogP contribution in [0.15, 0.2) is 24.3 Å². The maximum Gasteiger partial charge on any atom is 0.317 e. The molecule has 7 nitrogen and oxygen atoms in total. The number of urea groups is 1. The monoisotopic (exact) mass is 319 g/mol. The molecule has 0 bridgehead atoms. The van der Waals surface area contributed by atoms with E-state index in [1.165, 1.54) is 0 Å². The highest BCUT2D eigenvalue weighted by molar-refractivity contribution is 5.81. The third kappa shape index (κ3) is 2.84. The summed E-state index contributed by atoms with van der Waals surface area (Å²) >= 11 is 0. The fourth-order valence-electron chi connectivity index (χ4n) is 3.45. The van der Waals surface area contributed by atoms with E-state index in [-0.39, 0.29) is 18.5 Å². The van der Waals surface area contributed by atoms with E-state index >= 15 is 0 Å². The highest BCUT2D eigenvalue weighted by Gasteiger charge is 2.56. The van der Waals surface area contributed by atoms with Crippen molar-refractivity contribution in [1.82, 2.24) is 15.5 Å². The molecule has 7 heteroatoms. The molecular formula is C16H21N3O4. The Morgan fingerprint density at radius 3 is 3.04 bits per heavy atom. The largest absolute Gasteiger partial charge is 0.497 e. The predicted molar refractivity (Wildman–Crippen MR) is 83.2 cm³/mol. The van der Waals surface area contributed by atoms with Crippen LogP contribution in [0.5, 0.6) is 5.75 Å². The Hall–Kier alpha value is -2.28. The topological polar surface area (TPSA) is 90.9 Å². The van der Waals surface area contributed by atoms with E-state index in [9.17, 15) is 14.7 Å². The molecule has 2 saturated heterocycles. The van der Waals surface area contributed by atoms with Gasteiger partial charge in [-0.05, 0) is 17.7 Å². The Labute approximate surface area is 134 Å². The number of fused-ring (bicyclic) bond motifs is 1. The molecule has 23 heavy (non-hydrogen) atoms. The van der Waals surface area contributed by atoms with Gasteiger partial charge in [0.25, 0.3) is 0 Å². The zero-order valence-electron chi connectivity index (χ0n) is 13.0. The summed E-state index contributed by atoms with van der Waals surface area (Å²) < 4.78 is 5.16. The lowest BCUT2D eigenvalue weighted by Gasteiger charge is -2.22. The van der Waals surface area contributed by atoms with Crippen molar-refractivity contribution in [3.63, 3.8) is 0 Å². The van der Waals surface area contributed by atoms with Gasteiger partial charge in [-0.1, -0.05) is 12.1 Å². The minimum absolute atomic E-state index is 0.0254. The number of carbonyl (C=O) groups excluding carboxylic acids is 1. The number of amides is 2. The molecule has 2 amide bonds. The van der Waals surface area contributed by atoms with Crippen molar-refractivity contribution >= 4 is 12.0 Å². The molecule has 1 aromatic carbocycles. The first kappa shape index (κ1) is 15.6. The lowest BCUT2D eigenvalue weighted by Crippen LogP contribution is -2.43. The van der Waals surface area contributed by atoms with Crippen LogP contribution in [0, 0.1) is 11.3 Å². The number of benzene rings is 1. The van der Waals surface area contributed by atoms with Crippen LogP contribution in [0.25, 0.3) is 0 Å². The van der Waals surface area contributed by atoms with Gasteiger partial charge in [-0.15, -0.1) is 0 Å². The number of likely N-dealkylation sites (tertiary alicyclic amines) is 1. The summed E-state index contributed by atoms with van der Waals surface area (Å²) in [4.78, 5) is 25.6. The summed E-state index contributed by atoms with van der Waals surface area (Å²) in [5.74, 6) is -0.110. The number of ether oxygens (including phenoxy) is 1. The summed E-state index contributed by atoms with van der Waals surface area (Å²) in [6.07, 6.45) is 0. The number of carboxylic acid groups (broad SMARTS) is 1. The van der Waals surface area contributed by atoms with E-state index in [1.54, 1.807) is 12.0 Å². The lowest BCUT2D eigenvalue weighted by molar-refractivity contribution is -0.148. The predicted octanol–water partition coefficient (Wildman–Crippen LogP) is 0.511. The molecule has 2 fully saturated rings. The summed E-state index contributed by atoms with van der Waals surface area (Å²) in [5.41, 5.74) is 0.0968. The van der Waals surface area contributed by atoms with Crippen molar-refractivity contribution < 1.29 is 19.4 Å². The molecule has 0 aromatic heterocycles. The van der Waals surface area contributed by atoms with Gasteiger partial charge in [-0.2, -0.15) is 0 Å². The normalized spacial score (nSPS) is 26.0. The van der Waals surface area contributed by atoms with Crippen molar-refractivity contribution in [3.8, 4) is 5.75 Å². The molecule has 2 aliphatic rings. The SMILES string of the molecule is COc1cccc(CNC(=O)N2C[C@@H]3CNC[C@]3(C(=O)O)C2)c1. The molecule has 0 aliphatic carbocycles. The van der Waals surface area contributed by atoms with Gasteiger partial charge < -0.3 is 25.4 Å². The zero-order chi connectivity index (χ0) is 16.4. The highest BCUT2D eigenvalue weighted by Crippen LogP contribution is 2.39. The first-order chi connectivity index (χ1) is 11.0. The van der Waals surface area contributed by atoms with Gasteiger partial charge in [0.1, 0.15) is 11.2 Å². The van der Waals surface area contributed by atoms with Crippen LogP contribution < -0.4 is 15.4 Å². The van der Waals surface area contributed by atoms with E-state index in [0.29, 0.717) is 26.2 Å². The van der Waals surface area contributed by atoms with Gasteiger partial charge in [-0.3, -0.25) is 4.79 Å². The number of hydrogen-bond acceptors (Lipinski definition) is 4. The number of carbonyl (C=O) groups is 2. The van der Waals surface area contributed by atoms with Gasteiger partial charge in [-0.25, -0.2) is 4.79 Å². The second kappa shape index (κ2) is 6.08. The first-order valence-corrected chi connectivity index (χ1v) is 7.65. The summed E-state index contributed by atoms with van der Waals surface area (Å²) in [6, 6.07) is 7.26. The van der Waals surface area contributed by atoms with Crippen LogP contribution in [0.4, 0.5) is 4.79 Å². The highest BCUT2D eigenvalue weighted by atomic mass is 16.5. The second-order valence-corrected chi connectivity index (χ2v) is 6.18. The van der Waals surface area contributed by atoms with Crippen LogP contribution >= 0.6 is 0 Å². The summed E-state index contributed by atoms with van der Waals surface area (Å²) in [7, 11) is 1.60. The molecule has 0 radical (unpaired) electrons. The number of hydrogen-bond donors (Lipinski definition) is 3. The Balaban J connectivity index is 1.60. The Morgan fingerprint density at radius 1 is 1.52 bits per heavy atom. The fourth-order valence-corrected chi connectivity index (χ4v) is 3.45. The van der Waals surface area contributed by atoms with Crippen LogP contribution in [0.1, 0.15) is 5.56 Å². The molecule has 124 valence electrons. The number of carboxylic acids is 1. The summed E-state index contributed by atoms with van der Waals surface area (Å²) in [5, 5.41) is 15.5. The fraction of sp³-hybridized carbons (Fsp3) is 0.500. The average molecular weight is 319 g/mol. The molecule has 0 unspecified atom stereocenters. The average Bonchev–Trinajstić information content (AvgIpc) is 3.11. The minimum Gasteiger partial charge on any atom is -0.497 e. The number of rotatable bonds is 4. The van der Waals surface area contributed by atoms with Crippen molar-refractivity contribution in [1.29, 1.82) is 0 Å². The van der Waals surface area contributed by atoms with Crippen LogP contribution in [-0.2, 0) is 11.3 Å². The first-order valence-electron chi connectivity index (χ1n) is 7.65. The molecule has 2 atom stereocenters. The number of nitrogens with zero attached hydrogens (tertiary/aromatic N) is 1. The smallest absolute Gasteiger partial charge is 0.317 e. The Morgan fingerprint density at radius 2 is 2.35 bits per heavy atom. The number of nitrogens with one attached hydrogen (secondary N) is 2. The molecular weight excluding hydrogens is 298 g/mol. The quantitative estimate of drug-likeness (QED) is 0.752. The summed E-state index contributed by atoms with van der Waals surface area (Å²) in [6.45, 7) is 2.18. The third-order valence-corrected chi connectivity index (χ3v) is 4.82. The maximum absolute atomic E-state index is 12.3. The molecule has 2 heterocycles. The lowest BCUT2D eigenvalue weighted by atomic mass is 9.81. The zero-order valence-corrected chi connectivity index (χ0v) is 13.0. The van der Waals surface area contributed by atoms with E-state index in [4.69, 9.17) is 4.74 Å². The number of methoxy groups -OCH3 is 1. The molecule has 2 aliphatic heterocycles. The standard InChI is InChI=1S/C16H21N3O4/c1-23-13-4-2-3-11(5-13)6-18-15(22)19-8-12-7-17-9-16(12,10-19)14(20)21/h2-5,12,17H,6-10H2,1H3,(H,18,22)(H,20,21)/t12-,16-/m0/s1. The van der Waals surface area contributed by atoms with Gasteiger partial charge >= 0.3 is 12.0 Å². The van der Waals surface area contributed by atoms with E-state index < -0.39 is 11.4 Å².